The molecule has 2 rings (SSSR count). The standard InChI is InChI=1S/C11H12/c1-2-5-11-7-3-6-10(4-1)8-9-11/h1-6,8-11H,7H2. The van der Waals surface area contributed by atoms with Crippen LogP contribution in [0.1, 0.15) is 6.42 Å². The van der Waals surface area contributed by atoms with Crippen LogP contribution in [-0.4, -0.2) is 0 Å². The van der Waals surface area contributed by atoms with Gasteiger partial charge in [0.1, 0.15) is 0 Å². The van der Waals surface area contributed by atoms with Crippen molar-refractivity contribution in [1.29, 1.82) is 0 Å². The maximum Gasteiger partial charge on any atom is 0.0130 e. The Bertz CT molecular complexity index is 241. The zero-order valence-electron chi connectivity index (χ0n) is 6.48. The van der Waals surface area contributed by atoms with Gasteiger partial charge in [0.25, 0.3) is 0 Å². The lowest BCUT2D eigenvalue weighted by molar-refractivity contribution is 0.834. The van der Waals surface area contributed by atoms with E-state index in [-0.39, 0.29) is 0 Å². The number of rotatable bonds is 0. The van der Waals surface area contributed by atoms with Gasteiger partial charge in [0, 0.05) is 5.92 Å². The Morgan fingerprint density at radius 1 is 0.818 bits per heavy atom. The number of allylic oxidation sites excluding steroid dienone is 8. The molecule has 2 bridgehead atoms. The van der Waals surface area contributed by atoms with Crippen LogP contribution in [0.2, 0.25) is 0 Å². The van der Waals surface area contributed by atoms with Crippen molar-refractivity contribution in [3.05, 3.63) is 48.6 Å². The molecule has 0 heterocycles. The summed E-state index contributed by atoms with van der Waals surface area (Å²) < 4.78 is 0. The van der Waals surface area contributed by atoms with Crippen LogP contribution in [0, 0.1) is 11.8 Å². The topological polar surface area (TPSA) is 0 Å². The molecule has 2 unspecified atom stereocenters. The van der Waals surface area contributed by atoms with Crippen LogP contribution < -0.4 is 0 Å². The first-order chi connectivity index (χ1) is 5.45. The largest absolute Gasteiger partial charge is 0.0867 e. The molecule has 0 aliphatic heterocycles. The van der Waals surface area contributed by atoms with Crippen LogP contribution >= 0.6 is 0 Å². The average Bonchev–Trinajstić information content (AvgIpc) is 2.11. The Morgan fingerprint density at radius 3 is 2.73 bits per heavy atom. The third kappa shape index (κ3) is 1.51. The molecule has 0 amide bonds. The van der Waals surface area contributed by atoms with Crippen molar-refractivity contribution in [2.75, 3.05) is 0 Å². The molecule has 0 aromatic rings. The molecule has 0 spiro atoms. The lowest BCUT2D eigenvalue weighted by Gasteiger charge is -2.02. The van der Waals surface area contributed by atoms with Gasteiger partial charge in [0.2, 0.25) is 0 Å². The first-order valence-corrected chi connectivity index (χ1v) is 4.15. The Kier molecular flexibility index (Phi) is 1.76. The van der Waals surface area contributed by atoms with E-state index in [0.29, 0.717) is 11.8 Å². The van der Waals surface area contributed by atoms with Gasteiger partial charge in [-0.25, -0.2) is 0 Å². The van der Waals surface area contributed by atoms with Gasteiger partial charge in [0.15, 0.2) is 0 Å². The summed E-state index contributed by atoms with van der Waals surface area (Å²) in [5.74, 6) is 1.16. The quantitative estimate of drug-likeness (QED) is 0.458. The Balaban J connectivity index is 2.35. The Labute approximate surface area is 67.6 Å². The van der Waals surface area contributed by atoms with Crippen molar-refractivity contribution in [1.82, 2.24) is 0 Å². The minimum Gasteiger partial charge on any atom is -0.0867 e. The summed E-state index contributed by atoms with van der Waals surface area (Å²) in [4.78, 5) is 0. The van der Waals surface area contributed by atoms with E-state index in [1.165, 1.54) is 0 Å². The van der Waals surface area contributed by atoms with Gasteiger partial charge in [-0.1, -0.05) is 48.6 Å². The lowest BCUT2D eigenvalue weighted by Crippen LogP contribution is -1.89. The summed E-state index contributed by atoms with van der Waals surface area (Å²) in [6.45, 7) is 0. The number of hydrogen-bond donors (Lipinski definition) is 0. The van der Waals surface area contributed by atoms with Crippen LogP contribution in [0.5, 0.6) is 0 Å². The molecule has 56 valence electrons. The summed E-state index contributed by atoms with van der Waals surface area (Å²) in [6.07, 6.45) is 19.0. The molecule has 0 nitrogen and oxygen atoms in total. The first kappa shape index (κ1) is 6.66. The second kappa shape index (κ2) is 2.91. The molecular weight excluding hydrogens is 132 g/mol. The van der Waals surface area contributed by atoms with E-state index < -0.39 is 0 Å². The second-order valence-corrected chi connectivity index (χ2v) is 3.06. The van der Waals surface area contributed by atoms with Crippen molar-refractivity contribution in [2.24, 2.45) is 11.8 Å². The monoisotopic (exact) mass is 144 g/mol. The van der Waals surface area contributed by atoms with Gasteiger partial charge in [-0.15, -0.1) is 0 Å². The summed E-state index contributed by atoms with van der Waals surface area (Å²) in [5.41, 5.74) is 0. The molecule has 0 radical (unpaired) electrons. The van der Waals surface area contributed by atoms with E-state index in [1.54, 1.807) is 0 Å². The summed E-state index contributed by atoms with van der Waals surface area (Å²) in [7, 11) is 0. The zero-order valence-corrected chi connectivity index (χ0v) is 6.48. The highest BCUT2D eigenvalue weighted by atomic mass is 14.1. The fourth-order valence-corrected chi connectivity index (χ4v) is 1.48. The van der Waals surface area contributed by atoms with E-state index >= 15 is 0 Å². The highest BCUT2D eigenvalue weighted by Crippen LogP contribution is 2.19. The molecule has 0 fully saturated rings. The second-order valence-electron chi connectivity index (χ2n) is 3.06. The SMILES string of the molecule is C1=CC2C=CCC(C=C1)C=C2. The van der Waals surface area contributed by atoms with E-state index in [4.69, 9.17) is 0 Å². The van der Waals surface area contributed by atoms with Gasteiger partial charge in [-0.2, -0.15) is 0 Å². The van der Waals surface area contributed by atoms with Crippen molar-refractivity contribution >= 4 is 0 Å². The van der Waals surface area contributed by atoms with Crippen molar-refractivity contribution < 1.29 is 0 Å². The third-order valence-corrected chi connectivity index (χ3v) is 2.15. The molecule has 0 heteroatoms. The Hall–Kier alpha value is -1.04. The van der Waals surface area contributed by atoms with Gasteiger partial charge in [-0.05, 0) is 12.3 Å². The summed E-state index contributed by atoms with van der Waals surface area (Å²) in [6, 6.07) is 0. The summed E-state index contributed by atoms with van der Waals surface area (Å²) in [5, 5.41) is 0. The van der Waals surface area contributed by atoms with Crippen LogP contribution in [0.3, 0.4) is 0 Å². The normalized spacial score (nSPS) is 33.5. The molecule has 0 saturated heterocycles. The molecule has 0 saturated carbocycles. The molecule has 0 aromatic heterocycles. The molecule has 0 N–H and O–H groups in total. The zero-order chi connectivity index (χ0) is 7.52. The lowest BCUT2D eigenvalue weighted by atomic mass is 10.0. The average molecular weight is 144 g/mol. The number of hydrogen-bond acceptors (Lipinski definition) is 0. The third-order valence-electron chi connectivity index (χ3n) is 2.15. The fraction of sp³-hybridized carbons (Fsp3) is 0.273. The minimum absolute atomic E-state index is 0.532. The van der Waals surface area contributed by atoms with Crippen LogP contribution in [0.15, 0.2) is 48.6 Å². The molecule has 2 aliphatic carbocycles. The van der Waals surface area contributed by atoms with E-state index in [0.717, 1.165) is 6.42 Å². The van der Waals surface area contributed by atoms with Crippen LogP contribution in [0.25, 0.3) is 0 Å². The first-order valence-electron chi connectivity index (χ1n) is 4.15. The maximum atomic E-state index is 2.30. The van der Waals surface area contributed by atoms with Crippen molar-refractivity contribution in [3.63, 3.8) is 0 Å². The highest BCUT2D eigenvalue weighted by molar-refractivity contribution is 5.23. The molecule has 0 aromatic carbocycles. The van der Waals surface area contributed by atoms with E-state index in [1.807, 2.05) is 0 Å². The predicted octanol–water partition coefficient (Wildman–Crippen LogP) is 2.86. The molecular formula is C11H12. The molecule has 2 atom stereocenters. The predicted molar refractivity (Wildman–Crippen MR) is 48.2 cm³/mol. The number of fused-ring (bicyclic) bond motifs is 2. The van der Waals surface area contributed by atoms with Gasteiger partial charge >= 0.3 is 0 Å². The van der Waals surface area contributed by atoms with Gasteiger partial charge < -0.3 is 0 Å². The fourth-order valence-electron chi connectivity index (χ4n) is 1.48. The van der Waals surface area contributed by atoms with E-state index in [2.05, 4.69) is 48.6 Å². The minimum atomic E-state index is 0.532. The van der Waals surface area contributed by atoms with E-state index in [9.17, 15) is 0 Å². The molecule has 11 heavy (non-hydrogen) atoms. The summed E-state index contributed by atoms with van der Waals surface area (Å²) >= 11 is 0. The van der Waals surface area contributed by atoms with Crippen molar-refractivity contribution in [3.8, 4) is 0 Å². The van der Waals surface area contributed by atoms with Gasteiger partial charge in [0.05, 0.1) is 0 Å². The smallest absolute Gasteiger partial charge is 0.0130 e. The Morgan fingerprint density at radius 2 is 1.73 bits per heavy atom. The van der Waals surface area contributed by atoms with Gasteiger partial charge in [-0.3, -0.25) is 0 Å². The molecule has 2 aliphatic rings. The van der Waals surface area contributed by atoms with Crippen LogP contribution in [-0.2, 0) is 0 Å². The van der Waals surface area contributed by atoms with Crippen LogP contribution in [0.4, 0.5) is 0 Å². The maximum absolute atomic E-state index is 2.30. The van der Waals surface area contributed by atoms with Crippen molar-refractivity contribution in [2.45, 2.75) is 6.42 Å². The highest BCUT2D eigenvalue weighted by Gasteiger charge is 2.04.